The Labute approximate surface area is 124 Å². The molecule has 0 aromatic heterocycles. The molecule has 0 saturated carbocycles. The van der Waals surface area contributed by atoms with Gasteiger partial charge >= 0.3 is 0 Å². The number of anilines is 2. The molecule has 0 aliphatic carbocycles. The molecule has 1 atom stereocenters. The van der Waals surface area contributed by atoms with Gasteiger partial charge in [-0.15, -0.1) is 0 Å². The van der Waals surface area contributed by atoms with Crippen LogP contribution >= 0.6 is 0 Å². The summed E-state index contributed by atoms with van der Waals surface area (Å²) in [4.78, 5) is 12.0. The SMILES string of the molecule is CCNS(=O)(=O)CCNC(=O)C1CNc2ccccc2N1. The van der Waals surface area contributed by atoms with Crippen LogP contribution in [0.4, 0.5) is 11.4 Å². The predicted molar refractivity (Wildman–Crippen MR) is 82.8 cm³/mol. The molecule has 1 aliphatic heterocycles. The van der Waals surface area contributed by atoms with Gasteiger partial charge in [-0.25, -0.2) is 13.1 Å². The van der Waals surface area contributed by atoms with E-state index in [9.17, 15) is 13.2 Å². The zero-order valence-electron chi connectivity index (χ0n) is 11.8. The minimum absolute atomic E-state index is 0.0913. The highest BCUT2D eigenvalue weighted by molar-refractivity contribution is 7.89. The molecule has 7 nitrogen and oxygen atoms in total. The van der Waals surface area contributed by atoms with Gasteiger partial charge in [-0.3, -0.25) is 4.79 Å². The molecule has 116 valence electrons. The minimum Gasteiger partial charge on any atom is -0.381 e. The summed E-state index contributed by atoms with van der Waals surface area (Å²) >= 11 is 0. The Morgan fingerprint density at radius 2 is 2.05 bits per heavy atom. The maximum atomic E-state index is 12.0. The predicted octanol–water partition coefficient (Wildman–Crippen LogP) is -0.0519. The van der Waals surface area contributed by atoms with Crippen LogP contribution in [0.3, 0.4) is 0 Å². The molecule has 0 saturated heterocycles. The second kappa shape index (κ2) is 6.77. The molecular weight excluding hydrogens is 292 g/mol. The van der Waals surface area contributed by atoms with E-state index in [0.717, 1.165) is 11.4 Å². The van der Waals surface area contributed by atoms with E-state index in [2.05, 4.69) is 20.7 Å². The van der Waals surface area contributed by atoms with Gasteiger partial charge in [-0.05, 0) is 12.1 Å². The number of benzene rings is 1. The summed E-state index contributed by atoms with van der Waals surface area (Å²) in [5.74, 6) is -0.341. The van der Waals surface area contributed by atoms with Gasteiger partial charge in [0.05, 0.1) is 17.1 Å². The largest absolute Gasteiger partial charge is 0.381 e. The maximum Gasteiger partial charge on any atom is 0.244 e. The summed E-state index contributed by atoms with van der Waals surface area (Å²) in [5.41, 5.74) is 1.82. The number of rotatable bonds is 6. The zero-order chi connectivity index (χ0) is 15.3. The number of carbonyl (C=O) groups excluding carboxylic acids is 1. The smallest absolute Gasteiger partial charge is 0.244 e. The van der Waals surface area contributed by atoms with E-state index in [0.29, 0.717) is 13.1 Å². The van der Waals surface area contributed by atoms with Crippen LogP contribution in [0.15, 0.2) is 24.3 Å². The Balaban J connectivity index is 1.83. The molecule has 0 radical (unpaired) electrons. The van der Waals surface area contributed by atoms with Crippen molar-refractivity contribution in [2.24, 2.45) is 0 Å². The lowest BCUT2D eigenvalue weighted by Crippen LogP contribution is -2.47. The van der Waals surface area contributed by atoms with Crippen LogP contribution in [0.25, 0.3) is 0 Å². The average Bonchev–Trinajstić information content (AvgIpc) is 2.46. The van der Waals surface area contributed by atoms with Gasteiger partial charge in [0, 0.05) is 19.6 Å². The molecule has 8 heteroatoms. The lowest BCUT2D eigenvalue weighted by molar-refractivity contribution is -0.121. The minimum atomic E-state index is -3.31. The van der Waals surface area contributed by atoms with Gasteiger partial charge in [0.2, 0.25) is 15.9 Å². The second-order valence-corrected chi connectivity index (χ2v) is 6.66. The number of hydrogen-bond donors (Lipinski definition) is 4. The third kappa shape index (κ3) is 4.33. The normalized spacial score (nSPS) is 17.3. The second-order valence-electron chi connectivity index (χ2n) is 4.73. The van der Waals surface area contributed by atoms with Crippen LogP contribution < -0.4 is 20.7 Å². The molecule has 2 rings (SSSR count). The van der Waals surface area contributed by atoms with Crippen molar-refractivity contribution in [1.29, 1.82) is 0 Å². The van der Waals surface area contributed by atoms with E-state index in [-0.39, 0.29) is 18.2 Å². The molecule has 1 aliphatic rings. The van der Waals surface area contributed by atoms with Crippen molar-refractivity contribution in [2.75, 3.05) is 36.0 Å². The lowest BCUT2D eigenvalue weighted by atomic mass is 10.1. The number of carbonyl (C=O) groups is 1. The van der Waals surface area contributed by atoms with Crippen molar-refractivity contribution in [3.8, 4) is 0 Å². The first kappa shape index (κ1) is 15.6. The van der Waals surface area contributed by atoms with Crippen LogP contribution in [0, 0.1) is 0 Å². The molecular formula is C13H20N4O3S. The molecule has 21 heavy (non-hydrogen) atoms. The van der Waals surface area contributed by atoms with Crippen molar-refractivity contribution in [2.45, 2.75) is 13.0 Å². The summed E-state index contributed by atoms with van der Waals surface area (Å²) in [6, 6.07) is 7.20. The Morgan fingerprint density at radius 1 is 1.33 bits per heavy atom. The third-order valence-corrected chi connectivity index (χ3v) is 4.57. The topological polar surface area (TPSA) is 99.3 Å². The molecule has 1 aromatic carbocycles. The molecule has 1 aromatic rings. The quantitative estimate of drug-likeness (QED) is 0.590. The van der Waals surface area contributed by atoms with Gasteiger partial charge in [0.1, 0.15) is 6.04 Å². The van der Waals surface area contributed by atoms with E-state index in [1.165, 1.54) is 0 Å². The van der Waals surface area contributed by atoms with Crippen LogP contribution in [0.5, 0.6) is 0 Å². The molecule has 1 amide bonds. The standard InChI is InChI=1S/C13H20N4O3S/c1-2-16-21(19,20)8-7-14-13(18)12-9-15-10-5-3-4-6-11(10)17-12/h3-6,12,15-17H,2,7-9H2,1H3,(H,14,18). The highest BCUT2D eigenvalue weighted by Gasteiger charge is 2.23. The third-order valence-electron chi connectivity index (χ3n) is 3.10. The van der Waals surface area contributed by atoms with E-state index < -0.39 is 16.1 Å². The Bertz CT molecular complexity index is 603. The summed E-state index contributed by atoms with van der Waals surface area (Å²) in [6.07, 6.45) is 0. The van der Waals surface area contributed by atoms with Gasteiger partial charge in [0.15, 0.2) is 0 Å². The van der Waals surface area contributed by atoms with Gasteiger partial charge in [0.25, 0.3) is 0 Å². The molecule has 0 spiro atoms. The van der Waals surface area contributed by atoms with Gasteiger partial charge < -0.3 is 16.0 Å². The summed E-state index contributed by atoms with van der Waals surface area (Å²) < 4.78 is 25.3. The van der Waals surface area contributed by atoms with Crippen molar-refractivity contribution in [1.82, 2.24) is 10.0 Å². The van der Waals surface area contributed by atoms with Crippen molar-refractivity contribution < 1.29 is 13.2 Å². The molecule has 4 N–H and O–H groups in total. The Hall–Kier alpha value is -1.80. The number of nitrogens with one attached hydrogen (secondary N) is 4. The highest BCUT2D eigenvalue weighted by atomic mass is 32.2. The van der Waals surface area contributed by atoms with Crippen LogP contribution in [0.2, 0.25) is 0 Å². The molecule has 0 fully saturated rings. The van der Waals surface area contributed by atoms with E-state index in [4.69, 9.17) is 0 Å². The Morgan fingerprint density at radius 3 is 2.76 bits per heavy atom. The number of para-hydroxylation sites is 2. The first-order valence-corrected chi connectivity index (χ1v) is 8.51. The summed E-state index contributed by atoms with van der Waals surface area (Å²) in [6.45, 7) is 2.61. The summed E-state index contributed by atoms with van der Waals surface area (Å²) in [7, 11) is -3.31. The maximum absolute atomic E-state index is 12.0. The zero-order valence-corrected chi connectivity index (χ0v) is 12.7. The van der Waals surface area contributed by atoms with E-state index in [1.807, 2.05) is 24.3 Å². The van der Waals surface area contributed by atoms with E-state index in [1.54, 1.807) is 6.92 Å². The van der Waals surface area contributed by atoms with Crippen LogP contribution in [-0.4, -0.2) is 45.8 Å². The lowest BCUT2D eigenvalue weighted by Gasteiger charge is -2.27. The molecule has 0 bridgehead atoms. The van der Waals surface area contributed by atoms with Crippen molar-refractivity contribution >= 4 is 27.3 Å². The van der Waals surface area contributed by atoms with Crippen LogP contribution in [-0.2, 0) is 14.8 Å². The first-order chi connectivity index (χ1) is 10.0. The summed E-state index contributed by atoms with van der Waals surface area (Å²) in [5, 5.41) is 8.93. The monoisotopic (exact) mass is 312 g/mol. The fourth-order valence-corrected chi connectivity index (χ4v) is 3.05. The number of fused-ring (bicyclic) bond motifs is 1. The van der Waals surface area contributed by atoms with Crippen molar-refractivity contribution in [3.63, 3.8) is 0 Å². The van der Waals surface area contributed by atoms with Crippen LogP contribution in [0.1, 0.15) is 6.92 Å². The highest BCUT2D eigenvalue weighted by Crippen LogP contribution is 2.24. The number of sulfonamides is 1. The van der Waals surface area contributed by atoms with E-state index >= 15 is 0 Å². The number of amides is 1. The molecule has 1 heterocycles. The molecule has 1 unspecified atom stereocenters. The average molecular weight is 312 g/mol. The fraction of sp³-hybridized carbons (Fsp3) is 0.462. The van der Waals surface area contributed by atoms with Gasteiger partial charge in [-0.1, -0.05) is 19.1 Å². The van der Waals surface area contributed by atoms with Crippen molar-refractivity contribution in [3.05, 3.63) is 24.3 Å². The number of hydrogen-bond acceptors (Lipinski definition) is 5. The van der Waals surface area contributed by atoms with Gasteiger partial charge in [-0.2, -0.15) is 0 Å². The Kier molecular flexibility index (Phi) is 5.03. The fourth-order valence-electron chi connectivity index (χ4n) is 2.10. The first-order valence-electron chi connectivity index (χ1n) is 6.86.